The number of likely N-dealkylation sites (tertiary alicyclic amines) is 1. The van der Waals surface area contributed by atoms with Crippen LogP contribution in [0.3, 0.4) is 0 Å². The molecule has 45 heavy (non-hydrogen) atoms. The summed E-state index contributed by atoms with van der Waals surface area (Å²) in [4.78, 5) is 30.1. The van der Waals surface area contributed by atoms with Gasteiger partial charge >= 0.3 is 12.1 Å². The molecular weight excluding hydrogens is 562 g/mol. The highest BCUT2D eigenvalue weighted by atomic mass is 16.2. The Hall–Kier alpha value is -4.79. The summed E-state index contributed by atoms with van der Waals surface area (Å²) in [5.41, 5.74) is 6.50. The number of piperidine rings is 1. The van der Waals surface area contributed by atoms with Crippen molar-refractivity contribution in [1.29, 1.82) is 0 Å². The van der Waals surface area contributed by atoms with E-state index in [-0.39, 0.29) is 17.5 Å². The van der Waals surface area contributed by atoms with Crippen molar-refractivity contribution in [1.82, 2.24) is 14.7 Å². The van der Waals surface area contributed by atoms with Crippen LogP contribution in [0.15, 0.2) is 78.9 Å². The summed E-state index contributed by atoms with van der Waals surface area (Å²) in [5, 5.41) is 14.0. The molecular formula is C36H45N7O2. The molecule has 0 spiro atoms. The topological polar surface area (TPSA) is 94.5 Å². The first kappa shape index (κ1) is 31.6. The van der Waals surface area contributed by atoms with Crippen LogP contribution in [0.25, 0.3) is 5.69 Å². The Morgan fingerprint density at radius 3 is 2.20 bits per heavy atom. The third-order valence-corrected chi connectivity index (χ3v) is 8.31. The Labute approximate surface area is 266 Å². The number of nitrogens with zero attached hydrogens (tertiary/aromatic N) is 4. The van der Waals surface area contributed by atoms with Crippen molar-refractivity contribution in [2.45, 2.75) is 52.4 Å². The van der Waals surface area contributed by atoms with Gasteiger partial charge in [0.2, 0.25) is 0 Å². The number of benzene rings is 3. The molecule has 9 heteroatoms. The van der Waals surface area contributed by atoms with E-state index < -0.39 is 0 Å². The highest BCUT2D eigenvalue weighted by molar-refractivity contribution is 6.00. The van der Waals surface area contributed by atoms with Crippen LogP contribution in [0.4, 0.5) is 32.5 Å². The van der Waals surface area contributed by atoms with E-state index in [1.54, 1.807) is 4.68 Å². The minimum Gasteiger partial charge on any atom is -0.378 e. The summed E-state index contributed by atoms with van der Waals surface area (Å²) in [5.74, 6) is 1.02. The fourth-order valence-electron chi connectivity index (χ4n) is 5.51. The summed E-state index contributed by atoms with van der Waals surface area (Å²) in [6, 6.07) is 25.4. The Morgan fingerprint density at radius 2 is 1.56 bits per heavy atom. The number of aromatic nitrogens is 2. The van der Waals surface area contributed by atoms with Crippen LogP contribution in [0.2, 0.25) is 0 Å². The van der Waals surface area contributed by atoms with Crippen molar-refractivity contribution in [2.75, 3.05) is 48.0 Å². The minimum absolute atomic E-state index is 0.0655. The molecule has 1 aliphatic heterocycles. The lowest BCUT2D eigenvalue weighted by molar-refractivity contribution is 0.182. The average molecular weight is 608 g/mol. The molecule has 3 aromatic carbocycles. The first-order valence-electron chi connectivity index (χ1n) is 15.6. The number of para-hydroxylation sites is 1. The molecule has 1 saturated heterocycles. The Kier molecular flexibility index (Phi) is 9.46. The number of anilines is 4. The van der Waals surface area contributed by atoms with Crippen molar-refractivity contribution < 1.29 is 9.59 Å². The number of hydrogen-bond acceptors (Lipinski definition) is 4. The van der Waals surface area contributed by atoms with Crippen LogP contribution in [0, 0.1) is 12.8 Å². The van der Waals surface area contributed by atoms with E-state index in [4.69, 9.17) is 5.10 Å². The van der Waals surface area contributed by atoms with E-state index in [0.717, 1.165) is 58.8 Å². The lowest BCUT2D eigenvalue weighted by atomic mass is 9.89. The molecule has 1 aliphatic rings. The zero-order valence-corrected chi connectivity index (χ0v) is 27.2. The summed E-state index contributed by atoms with van der Waals surface area (Å²) in [6.45, 7) is 9.76. The van der Waals surface area contributed by atoms with E-state index >= 15 is 0 Å². The summed E-state index contributed by atoms with van der Waals surface area (Å²) < 4.78 is 1.79. The predicted molar refractivity (Wildman–Crippen MR) is 184 cm³/mol. The maximum Gasteiger partial charge on any atom is 0.324 e. The zero-order chi connectivity index (χ0) is 32.1. The van der Waals surface area contributed by atoms with Gasteiger partial charge in [-0.3, -0.25) is 5.32 Å². The average Bonchev–Trinajstić information content (AvgIpc) is 3.43. The van der Waals surface area contributed by atoms with Gasteiger partial charge in [0, 0.05) is 55.7 Å². The van der Waals surface area contributed by atoms with Gasteiger partial charge in [-0.1, -0.05) is 56.7 Å². The van der Waals surface area contributed by atoms with Crippen molar-refractivity contribution in [3.05, 3.63) is 95.7 Å². The Balaban J connectivity index is 1.19. The van der Waals surface area contributed by atoms with Crippen molar-refractivity contribution in [2.24, 2.45) is 5.92 Å². The maximum atomic E-state index is 13.3. The largest absolute Gasteiger partial charge is 0.378 e. The summed E-state index contributed by atoms with van der Waals surface area (Å²) in [6.07, 6.45) is 2.63. The molecule has 236 valence electrons. The molecule has 1 aromatic heterocycles. The zero-order valence-electron chi connectivity index (χ0n) is 27.2. The molecule has 4 amide bonds. The first-order chi connectivity index (χ1) is 21.5. The Bertz CT molecular complexity index is 1610. The van der Waals surface area contributed by atoms with Crippen molar-refractivity contribution in [3.63, 3.8) is 0 Å². The molecule has 0 unspecified atom stereocenters. The lowest BCUT2D eigenvalue weighted by Crippen LogP contribution is -2.41. The standard InChI is InChI=1S/C36H45N7O2/c1-25-11-15-30(16-12-25)43-33(24-32(40-43)36(2,3)4)39-34(44)38-31-10-8-7-9-27(31)23-26-19-21-42(22-20-26)35(45)37-28-13-17-29(18-14-28)41(5)6/h7-18,24,26H,19-23H2,1-6H3,(H,37,45)(H2,38,39,44). The smallest absolute Gasteiger partial charge is 0.324 e. The van der Waals surface area contributed by atoms with E-state index in [2.05, 4.69) is 42.8 Å². The second-order valence-electron chi connectivity index (χ2n) is 13.2. The van der Waals surface area contributed by atoms with Crippen LogP contribution in [-0.4, -0.2) is 53.9 Å². The highest BCUT2D eigenvalue weighted by Crippen LogP contribution is 2.29. The van der Waals surface area contributed by atoms with Crippen LogP contribution in [0.5, 0.6) is 0 Å². The fraction of sp³-hybridized carbons (Fsp3) is 0.361. The summed E-state index contributed by atoms with van der Waals surface area (Å²) in [7, 11) is 3.99. The van der Waals surface area contributed by atoms with E-state index in [9.17, 15) is 9.59 Å². The van der Waals surface area contributed by atoms with Crippen LogP contribution in [-0.2, 0) is 11.8 Å². The number of nitrogens with one attached hydrogen (secondary N) is 3. The fourth-order valence-corrected chi connectivity index (χ4v) is 5.51. The predicted octanol–water partition coefficient (Wildman–Crippen LogP) is 7.67. The van der Waals surface area contributed by atoms with Crippen molar-refractivity contribution >= 4 is 34.9 Å². The molecule has 0 bridgehead atoms. The number of hydrogen-bond donors (Lipinski definition) is 3. The molecule has 0 aliphatic carbocycles. The third-order valence-electron chi connectivity index (χ3n) is 8.31. The third kappa shape index (κ3) is 8.03. The molecule has 4 aromatic rings. The monoisotopic (exact) mass is 607 g/mol. The van der Waals surface area contributed by atoms with Crippen LogP contribution >= 0.6 is 0 Å². The Morgan fingerprint density at radius 1 is 0.889 bits per heavy atom. The second kappa shape index (κ2) is 13.5. The number of aryl methyl sites for hydroxylation is 1. The molecule has 0 saturated carbocycles. The SMILES string of the molecule is Cc1ccc(-n2nc(C(C)(C)C)cc2NC(=O)Nc2ccccc2CC2CCN(C(=O)Nc3ccc(N(C)C)cc3)CC2)cc1. The van der Waals surface area contributed by atoms with Crippen LogP contribution < -0.4 is 20.9 Å². The number of amides is 4. The lowest BCUT2D eigenvalue weighted by Gasteiger charge is -2.32. The van der Waals surface area contributed by atoms with Gasteiger partial charge in [-0.05, 0) is 80.1 Å². The minimum atomic E-state index is -0.318. The second-order valence-corrected chi connectivity index (χ2v) is 13.2. The molecule has 9 nitrogen and oxygen atoms in total. The number of carbonyl (C=O) groups excluding carboxylic acids is 2. The molecule has 0 atom stereocenters. The van der Waals surface area contributed by atoms with Gasteiger partial charge in [-0.25, -0.2) is 14.3 Å². The highest BCUT2D eigenvalue weighted by Gasteiger charge is 2.25. The summed E-state index contributed by atoms with van der Waals surface area (Å²) >= 11 is 0. The van der Waals surface area contributed by atoms with Gasteiger partial charge in [-0.15, -0.1) is 0 Å². The maximum absolute atomic E-state index is 13.3. The first-order valence-corrected chi connectivity index (χ1v) is 15.6. The quantitative estimate of drug-likeness (QED) is 0.201. The van der Waals surface area contributed by atoms with Gasteiger partial charge in [0.25, 0.3) is 0 Å². The molecule has 1 fully saturated rings. The van der Waals surface area contributed by atoms with Gasteiger partial charge in [0.1, 0.15) is 5.82 Å². The number of rotatable bonds is 7. The normalized spacial score (nSPS) is 13.8. The van der Waals surface area contributed by atoms with Gasteiger partial charge in [0.05, 0.1) is 11.4 Å². The van der Waals surface area contributed by atoms with Crippen LogP contribution in [0.1, 0.15) is 50.4 Å². The van der Waals surface area contributed by atoms with Crippen molar-refractivity contribution in [3.8, 4) is 5.69 Å². The van der Waals surface area contributed by atoms with Gasteiger partial charge in [0.15, 0.2) is 0 Å². The van der Waals surface area contributed by atoms with E-state index in [1.165, 1.54) is 0 Å². The molecule has 3 N–H and O–H groups in total. The molecule has 0 radical (unpaired) electrons. The van der Waals surface area contributed by atoms with E-state index in [1.807, 2.05) is 104 Å². The van der Waals surface area contributed by atoms with E-state index in [0.29, 0.717) is 24.8 Å². The number of carbonyl (C=O) groups is 2. The molecule has 5 rings (SSSR count). The van der Waals surface area contributed by atoms with Gasteiger partial charge < -0.3 is 20.4 Å². The van der Waals surface area contributed by atoms with Gasteiger partial charge in [-0.2, -0.15) is 5.10 Å². The molecule has 2 heterocycles. The number of urea groups is 2.